The van der Waals surface area contributed by atoms with Crippen LogP contribution < -0.4 is 4.74 Å². The fourth-order valence-corrected chi connectivity index (χ4v) is 4.73. The van der Waals surface area contributed by atoms with Gasteiger partial charge in [-0.1, -0.05) is 24.3 Å². The van der Waals surface area contributed by atoms with Gasteiger partial charge in [-0.25, -0.2) is 9.78 Å². The number of carbonyl (C=O) groups is 1. The van der Waals surface area contributed by atoms with Crippen LogP contribution in [0.1, 0.15) is 41.3 Å². The van der Waals surface area contributed by atoms with Crippen LogP contribution in [0.2, 0.25) is 0 Å². The average Bonchev–Trinajstić information content (AvgIpc) is 3.17. The topological polar surface area (TPSA) is 81.8 Å². The summed E-state index contributed by atoms with van der Waals surface area (Å²) in [4.78, 5) is 17.2. The molecule has 0 unspecified atom stereocenters. The summed E-state index contributed by atoms with van der Waals surface area (Å²) >= 11 is 0. The van der Waals surface area contributed by atoms with E-state index in [1.54, 1.807) is 6.07 Å². The van der Waals surface area contributed by atoms with Crippen LogP contribution in [0.4, 0.5) is 0 Å². The molecule has 0 aliphatic carbocycles. The molecule has 7 heteroatoms. The number of fused-ring (bicyclic) bond motifs is 2. The van der Waals surface area contributed by atoms with E-state index in [9.17, 15) is 9.90 Å². The number of carboxylic acid groups (broad SMARTS) is 1. The first-order valence-electron chi connectivity index (χ1n) is 11.3. The molecule has 3 heterocycles. The molecule has 1 atom stereocenters. The molecule has 0 saturated carbocycles. The summed E-state index contributed by atoms with van der Waals surface area (Å²) in [5.41, 5.74) is 3.85. The minimum Gasteiger partial charge on any atom is -0.490 e. The molecule has 5 rings (SSSR count). The van der Waals surface area contributed by atoms with E-state index in [2.05, 4.69) is 0 Å². The number of rotatable bonds is 5. The van der Waals surface area contributed by atoms with Crippen molar-refractivity contribution in [2.75, 3.05) is 13.2 Å². The first-order chi connectivity index (χ1) is 15.9. The summed E-state index contributed by atoms with van der Waals surface area (Å²) in [7, 11) is 0. The van der Waals surface area contributed by atoms with Gasteiger partial charge >= 0.3 is 5.97 Å². The molecule has 1 aliphatic heterocycles. The number of para-hydroxylation sites is 1. The van der Waals surface area contributed by atoms with Gasteiger partial charge < -0.3 is 19.0 Å². The molecule has 0 bridgehead atoms. The van der Waals surface area contributed by atoms with Gasteiger partial charge in [0.15, 0.2) is 5.76 Å². The zero-order chi connectivity index (χ0) is 23.1. The Hall–Kier alpha value is -2.38. The van der Waals surface area contributed by atoms with Gasteiger partial charge in [0.05, 0.1) is 22.6 Å². The minimum absolute atomic E-state index is 0. The molecular weight excluding hydrogens is 441 g/mol. The quantitative estimate of drug-likeness (QED) is 0.374. The first-order valence-corrected chi connectivity index (χ1v) is 11.3. The SMILES string of the molecule is Cc1c(-c2cc(C(=O)O)c3c(O[C@H](C)C4CCOCC4)ccc(C)c3n2)oc2ccccc12.[Na]. The molecule has 6 nitrogen and oxygen atoms in total. The molecule has 1 saturated heterocycles. The number of pyridine rings is 1. The fourth-order valence-electron chi connectivity index (χ4n) is 4.73. The van der Waals surface area contributed by atoms with Gasteiger partial charge in [-0.15, -0.1) is 0 Å². The number of aryl methyl sites for hydroxylation is 2. The zero-order valence-electron chi connectivity index (χ0n) is 20.1. The summed E-state index contributed by atoms with van der Waals surface area (Å²) in [6, 6.07) is 13.2. The van der Waals surface area contributed by atoms with Crippen molar-refractivity contribution >= 4 is 57.4 Å². The average molecular weight is 469 g/mol. The van der Waals surface area contributed by atoms with Crippen LogP contribution >= 0.6 is 0 Å². The van der Waals surface area contributed by atoms with Crippen LogP contribution in [0.25, 0.3) is 33.3 Å². The van der Waals surface area contributed by atoms with Crippen molar-refractivity contribution in [2.45, 2.75) is 39.7 Å². The minimum atomic E-state index is -1.02. The Morgan fingerprint density at radius 3 is 2.59 bits per heavy atom. The molecule has 1 aliphatic rings. The fraction of sp³-hybridized carbons (Fsp3) is 0.333. The van der Waals surface area contributed by atoms with Crippen LogP contribution in [0.5, 0.6) is 5.75 Å². The second-order valence-corrected chi connectivity index (χ2v) is 8.79. The van der Waals surface area contributed by atoms with E-state index >= 15 is 0 Å². The number of furan rings is 1. The summed E-state index contributed by atoms with van der Waals surface area (Å²) in [5.74, 6) is 0.481. The van der Waals surface area contributed by atoms with Crippen molar-refractivity contribution in [2.24, 2.45) is 5.92 Å². The number of aromatic carboxylic acids is 1. The largest absolute Gasteiger partial charge is 0.490 e. The van der Waals surface area contributed by atoms with Crippen LogP contribution in [-0.4, -0.2) is 64.9 Å². The number of carboxylic acids is 1. The molecule has 1 N–H and O–H groups in total. The third-order valence-electron chi connectivity index (χ3n) is 6.67. The molecular formula is C27H27NNaO5. The van der Waals surface area contributed by atoms with Gasteiger partial charge in [0.2, 0.25) is 0 Å². The molecule has 0 amide bonds. The second kappa shape index (κ2) is 10.1. The molecule has 2 aromatic heterocycles. The smallest absolute Gasteiger partial charge is 0.336 e. The molecule has 1 fully saturated rings. The summed E-state index contributed by atoms with van der Waals surface area (Å²) in [6.45, 7) is 7.41. The maximum Gasteiger partial charge on any atom is 0.336 e. The molecule has 1 radical (unpaired) electrons. The summed E-state index contributed by atoms with van der Waals surface area (Å²) in [6.07, 6.45) is 1.81. The van der Waals surface area contributed by atoms with E-state index in [0.717, 1.165) is 48.2 Å². The molecule has 4 aromatic rings. The summed E-state index contributed by atoms with van der Waals surface area (Å²) < 4.78 is 17.9. The van der Waals surface area contributed by atoms with Crippen LogP contribution in [0, 0.1) is 19.8 Å². The standard InChI is InChI=1S/C27H27NO5.Na/c1-15-8-9-23(32-17(3)18-10-12-31-13-11-18)24-20(27(29)30)14-21(28-25(15)24)26-16(2)19-6-4-5-7-22(19)33-26;/h4-9,14,17-18H,10-13H2,1-3H3,(H,29,30);/t17-;/m1./s1. The van der Waals surface area contributed by atoms with Gasteiger partial charge in [-0.05, 0) is 63.3 Å². The number of hydrogen-bond acceptors (Lipinski definition) is 5. The van der Waals surface area contributed by atoms with E-state index in [1.165, 1.54) is 0 Å². The molecule has 34 heavy (non-hydrogen) atoms. The zero-order valence-corrected chi connectivity index (χ0v) is 22.1. The Kier molecular flexibility index (Phi) is 7.33. The third-order valence-corrected chi connectivity index (χ3v) is 6.67. The van der Waals surface area contributed by atoms with E-state index in [1.807, 2.05) is 57.2 Å². The number of nitrogens with zero attached hydrogens (tertiary/aromatic N) is 1. The van der Waals surface area contributed by atoms with Crippen molar-refractivity contribution in [3.63, 3.8) is 0 Å². The maximum absolute atomic E-state index is 12.4. The van der Waals surface area contributed by atoms with E-state index in [-0.39, 0.29) is 41.2 Å². The monoisotopic (exact) mass is 468 g/mol. The number of benzene rings is 2. The number of aromatic nitrogens is 1. The van der Waals surface area contributed by atoms with E-state index in [4.69, 9.17) is 18.9 Å². The maximum atomic E-state index is 12.4. The molecule has 171 valence electrons. The normalized spacial score (nSPS) is 15.3. The first kappa shape index (κ1) is 24.7. The van der Waals surface area contributed by atoms with Gasteiger partial charge in [-0.2, -0.15) is 0 Å². The van der Waals surface area contributed by atoms with Crippen molar-refractivity contribution in [3.8, 4) is 17.2 Å². The molecule has 0 spiro atoms. The Morgan fingerprint density at radius 1 is 1.15 bits per heavy atom. The third kappa shape index (κ3) is 4.48. The Morgan fingerprint density at radius 2 is 1.88 bits per heavy atom. The molecule has 2 aromatic carbocycles. The summed E-state index contributed by atoms with van der Waals surface area (Å²) in [5, 5.41) is 11.6. The van der Waals surface area contributed by atoms with Crippen molar-refractivity contribution < 1.29 is 23.8 Å². The van der Waals surface area contributed by atoms with Crippen molar-refractivity contribution in [1.29, 1.82) is 0 Å². The van der Waals surface area contributed by atoms with Gasteiger partial charge in [0, 0.05) is 53.7 Å². The predicted molar refractivity (Wildman–Crippen MR) is 133 cm³/mol. The second-order valence-electron chi connectivity index (χ2n) is 8.79. The van der Waals surface area contributed by atoms with Gasteiger partial charge in [0.1, 0.15) is 17.0 Å². The van der Waals surface area contributed by atoms with Gasteiger partial charge in [-0.3, -0.25) is 0 Å². The van der Waals surface area contributed by atoms with Gasteiger partial charge in [0.25, 0.3) is 0 Å². The Bertz CT molecular complexity index is 1360. The van der Waals surface area contributed by atoms with E-state index < -0.39 is 5.97 Å². The van der Waals surface area contributed by atoms with Crippen LogP contribution in [0.15, 0.2) is 46.9 Å². The Labute approximate surface area is 220 Å². The van der Waals surface area contributed by atoms with Crippen LogP contribution in [0.3, 0.4) is 0 Å². The van der Waals surface area contributed by atoms with Crippen molar-refractivity contribution in [1.82, 2.24) is 4.98 Å². The van der Waals surface area contributed by atoms with Crippen molar-refractivity contribution in [3.05, 3.63) is 59.2 Å². The number of ether oxygens (including phenoxy) is 2. The number of hydrogen-bond donors (Lipinski definition) is 1. The predicted octanol–water partition coefficient (Wildman–Crippen LogP) is 5.78. The Balaban J connectivity index is 0.00000274. The van der Waals surface area contributed by atoms with Crippen LogP contribution in [-0.2, 0) is 4.74 Å². The van der Waals surface area contributed by atoms with E-state index in [0.29, 0.717) is 34.0 Å².